The van der Waals surface area contributed by atoms with Gasteiger partial charge >= 0.3 is 5.69 Å². The molecule has 0 saturated heterocycles. The number of rotatable bonds is 4. The van der Waals surface area contributed by atoms with E-state index >= 15 is 0 Å². The lowest BCUT2D eigenvalue weighted by molar-refractivity contribution is -0.384. The van der Waals surface area contributed by atoms with Crippen molar-refractivity contribution in [2.75, 3.05) is 17.7 Å². The van der Waals surface area contributed by atoms with E-state index in [1.54, 1.807) is 25.2 Å². The number of nitro benzene ring substituents is 1. The molecule has 0 bridgehead atoms. The maximum atomic E-state index is 12.2. The van der Waals surface area contributed by atoms with Crippen LogP contribution in [0.15, 0.2) is 41.0 Å². The summed E-state index contributed by atoms with van der Waals surface area (Å²) >= 11 is 3.23. The number of nitro groups is 1. The molecule has 21 heavy (non-hydrogen) atoms. The monoisotopic (exact) mass is 350 g/mol. The number of amides is 1. The van der Waals surface area contributed by atoms with Crippen LogP contribution in [0.5, 0.6) is 0 Å². The van der Waals surface area contributed by atoms with Crippen LogP contribution in [0.3, 0.4) is 0 Å². The van der Waals surface area contributed by atoms with Crippen molar-refractivity contribution in [2.45, 2.75) is 0 Å². The van der Waals surface area contributed by atoms with Crippen LogP contribution in [0.25, 0.3) is 0 Å². The minimum absolute atomic E-state index is 0.0310. The number of hydrogen-bond donors (Lipinski definition) is 2. The summed E-state index contributed by atoms with van der Waals surface area (Å²) in [7, 11) is 1.56. The molecule has 7 nitrogen and oxygen atoms in total. The summed E-state index contributed by atoms with van der Waals surface area (Å²) in [5.74, 6) is -0.277. The zero-order chi connectivity index (χ0) is 15.4. The van der Waals surface area contributed by atoms with Crippen LogP contribution >= 0.6 is 15.9 Å². The predicted molar refractivity (Wildman–Crippen MR) is 82.5 cm³/mol. The van der Waals surface area contributed by atoms with Crippen LogP contribution in [0.2, 0.25) is 0 Å². The molecule has 2 N–H and O–H groups in total. The Hall–Kier alpha value is -2.48. The van der Waals surface area contributed by atoms with Crippen LogP contribution in [0, 0.1) is 10.1 Å². The fourth-order valence-electron chi connectivity index (χ4n) is 1.76. The highest BCUT2D eigenvalue weighted by molar-refractivity contribution is 9.10. The predicted octanol–water partition coefficient (Wildman–Crippen LogP) is 3.05. The Balaban J connectivity index is 2.35. The first kappa shape index (κ1) is 14.9. The number of halogens is 1. The summed E-state index contributed by atoms with van der Waals surface area (Å²) in [5.41, 5.74) is -0.0254. The van der Waals surface area contributed by atoms with Gasteiger partial charge in [0.2, 0.25) is 0 Å². The van der Waals surface area contributed by atoms with Gasteiger partial charge in [-0.15, -0.1) is 0 Å². The van der Waals surface area contributed by atoms with Crippen LogP contribution in [-0.2, 0) is 0 Å². The number of carbonyl (C=O) groups excluding carboxylic acids is 1. The van der Waals surface area contributed by atoms with E-state index in [2.05, 4.69) is 31.5 Å². The Morgan fingerprint density at radius 2 is 2.10 bits per heavy atom. The summed E-state index contributed by atoms with van der Waals surface area (Å²) in [6.07, 6.45) is 1.52. The van der Waals surface area contributed by atoms with E-state index in [9.17, 15) is 14.9 Å². The lowest BCUT2D eigenvalue weighted by atomic mass is 10.1. The Labute approximate surface area is 128 Å². The summed E-state index contributed by atoms with van der Waals surface area (Å²) in [4.78, 5) is 26.8. The Morgan fingerprint density at radius 3 is 2.67 bits per heavy atom. The molecule has 0 aliphatic rings. The highest BCUT2D eigenvalue weighted by atomic mass is 79.9. The van der Waals surface area contributed by atoms with Crippen LogP contribution in [0.4, 0.5) is 17.2 Å². The van der Waals surface area contributed by atoms with Crippen molar-refractivity contribution < 1.29 is 9.72 Å². The zero-order valence-electron chi connectivity index (χ0n) is 11.0. The molecular formula is C13H11BrN4O3. The van der Waals surface area contributed by atoms with E-state index in [0.717, 1.165) is 4.47 Å². The molecule has 0 atom stereocenters. The molecule has 0 aliphatic heterocycles. The van der Waals surface area contributed by atoms with Gasteiger partial charge in [-0.2, -0.15) is 0 Å². The largest absolute Gasteiger partial charge is 0.383 e. The van der Waals surface area contributed by atoms with Crippen molar-refractivity contribution in [3.05, 3.63) is 56.7 Å². The quantitative estimate of drug-likeness (QED) is 0.652. The number of nitrogens with one attached hydrogen (secondary N) is 2. The number of aromatic nitrogens is 1. The molecule has 1 aromatic carbocycles. The van der Waals surface area contributed by atoms with E-state index in [-0.39, 0.29) is 16.9 Å². The molecule has 0 spiro atoms. The molecule has 1 heterocycles. The summed E-state index contributed by atoms with van der Waals surface area (Å²) < 4.78 is 0.767. The molecule has 0 aliphatic carbocycles. The van der Waals surface area contributed by atoms with Gasteiger partial charge in [0.15, 0.2) is 0 Å². The Bertz CT molecular complexity index is 688. The third-order valence-corrected chi connectivity index (χ3v) is 3.17. The van der Waals surface area contributed by atoms with E-state index in [4.69, 9.17) is 0 Å². The second-order valence-corrected chi connectivity index (χ2v) is 4.94. The number of nitrogens with zero attached hydrogens (tertiary/aromatic N) is 2. The van der Waals surface area contributed by atoms with E-state index in [1.165, 1.54) is 18.3 Å². The second kappa shape index (κ2) is 6.31. The van der Waals surface area contributed by atoms with Gasteiger partial charge in [-0.05, 0) is 40.2 Å². The van der Waals surface area contributed by atoms with Crippen molar-refractivity contribution in [1.82, 2.24) is 4.98 Å². The lowest BCUT2D eigenvalue weighted by Gasteiger charge is -2.08. The van der Waals surface area contributed by atoms with E-state index < -0.39 is 10.8 Å². The maximum Gasteiger partial charge on any atom is 0.305 e. The van der Waals surface area contributed by atoms with E-state index in [1.807, 2.05) is 0 Å². The van der Waals surface area contributed by atoms with Crippen molar-refractivity contribution in [2.24, 2.45) is 0 Å². The van der Waals surface area contributed by atoms with Gasteiger partial charge < -0.3 is 10.6 Å². The molecule has 0 unspecified atom stereocenters. The van der Waals surface area contributed by atoms with Crippen molar-refractivity contribution in [3.63, 3.8) is 0 Å². The Kier molecular flexibility index (Phi) is 4.49. The number of para-hydroxylation sites is 1. The molecule has 0 fully saturated rings. The van der Waals surface area contributed by atoms with Gasteiger partial charge in [-0.25, -0.2) is 4.98 Å². The fraction of sp³-hybridized carbons (Fsp3) is 0.0769. The zero-order valence-corrected chi connectivity index (χ0v) is 12.5. The van der Waals surface area contributed by atoms with Gasteiger partial charge in [-0.1, -0.05) is 6.07 Å². The van der Waals surface area contributed by atoms with Crippen LogP contribution in [0.1, 0.15) is 10.4 Å². The van der Waals surface area contributed by atoms with Gasteiger partial charge in [0, 0.05) is 17.7 Å². The SMILES string of the molecule is CNc1cccc(C(=O)Nc2ccc(Br)cn2)c1[N+](=O)[O-]. The van der Waals surface area contributed by atoms with Crippen LogP contribution < -0.4 is 10.6 Å². The highest BCUT2D eigenvalue weighted by Gasteiger charge is 2.24. The summed E-state index contributed by atoms with van der Waals surface area (Å²) in [5, 5.41) is 16.4. The number of benzene rings is 1. The molecule has 1 aromatic heterocycles. The minimum atomic E-state index is -0.589. The highest BCUT2D eigenvalue weighted by Crippen LogP contribution is 2.28. The minimum Gasteiger partial charge on any atom is -0.383 e. The molecule has 108 valence electrons. The average molecular weight is 351 g/mol. The smallest absolute Gasteiger partial charge is 0.305 e. The molecular weight excluding hydrogens is 340 g/mol. The molecule has 2 aromatic rings. The van der Waals surface area contributed by atoms with Crippen molar-refractivity contribution in [1.29, 1.82) is 0 Å². The number of hydrogen-bond acceptors (Lipinski definition) is 5. The van der Waals surface area contributed by atoms with Crippen molar-refractivity contribution >= 4 is 39.0 Å². The van der Waals surface area contributed by atoms with Gasteiger partial charge in [0.1, 0.15) is 17.1 Å². The molecule has 1 amide bonds. The third-order valence-electron chi connectivity index (χ3n) is 2.70. The molecule has 2 rings (SSSR count). The van der Waals surface area contributed by atoms with E-state index in [0.29, 0.717) is 5.82 Å². The second-order valence-electron chi connectivity index (χ2n) is 4.02. The number of pyridine rings is 1. The number of anilines is 2. The maximum absolute atomic E-state index is 12.2. The van der Waals surface area contributed by atoms with Gasteiger partial charge in [0.25, 0.3) is 5.91 Å². The topological polar surface area (TPSA) is 97.2 Å². The van der Waals surface area contributed by atoms with Crippen LogP contribution in [-0.4, -0.2) is 22.9 Å². The standard InChI is InChI=1S/C13H11BrN4O3/c1-15-10-4-2-3-9(12(10)18(20)21)13(19)17-11-6-5-8(14)7-16-11/h2-7,15H,1H3,(H,16,17,19). The normalized spacial score (nSPS) is 10.0. The summed E-state index contributed by atoms with van der Waals surface area (Å²) in [6, 6.07) is 7.81. The summed E-state index contributed by atoms with van der Waals surface area (Å²) in [6.45, 7) is 0. The third kappa shape index (κ3) is 3.34. The molecule has 8 heteroatoms. The lowest BCUT2D eigenvalue weighted by Crippen LogP contribution is -2.15. The average Bonchev–Trinajstić information content (AvgIpc) is 2.48. The molecule has 0 radical (unpaired) electrons. The van der Waals surface area contributed by atoms with Gasteiger partial charge in [0.05, 0.1) is 4.92 Å². The number of carbonyl (C=O) groups is 1. The molecule has 0 saturated carbocycles. The first-order valence-corrected chi connectivity index (χ1v) is 6.70. The van der Waals surface area contributed by atoms with Gasteiger partial charge in [-0.3, -0.25) is 14.9 Å². The first-order chi connectivity index (χ1) is 10.0. The first-order valence-electron chi connectivity index (χ1n) is 5.91. The fourth-order valence-corrected chi connectivity index (χ4v) is 1.99. The van der Waals surface area contributed by atoms with Crippen molar-refractivity contribution in [3.8, 4) is 0 Å². The Morgan fingerprint density at radius 1 is 1.33 bits per heavy atom.